The molecule has 0 aromatic carbocycles. The molecule has 288 valence electrons. The van der Waals surface area contributed by atoms with Crippen LogP contribution in [0.15, 0.2) is 0 Å². The molecule has 9 N–H and O–H groups in total. The van der Waals surface area contributed by atoms with E-state index >= 15 is 0 Å². The maximum atomic E-state index is 11.0. The summed E-state index contributed by atoms with van der Waals surface area (Å²) >= 11 is 0. The lowest BCUT2D eigenvalue weighted by molar-refractivity contribution is -0.125. The molecule has 0 radical (unpaired) electrons. The molecule has 0 bridgehead atoms. The van der Waals surface area contributed by atoms with Crippen LogP contribution in [0.3, 0.4) is 0 Å². The Balaban J connectivity index is -0.000000269. The van der Waals surface area contributed by atoms with Crippen molar-refractivity contribution in [2.75, 3.05) is 104 Å². The van der Waals surface area contributed by atoms with E-state index in [1.807, 2.05) is 57.0 Å². The quantitative estimate of drug-likeness (QED) is 0.0654. The Morgan fingerprint density at radius 2 is 0.812 bits per heavy atom. The van der Waals surface area contributed by atoms with Crippen LogP contribution in [0.25, 0.3) is 0 Å². The molecular weight excluding hydrogens is 624 g/mol. The van der Waals surface area contributed by atoms with Crippen LogP contribution in [0.2, 0.25) is 0 Å². The van der Waals surface area contributed by atoms with Crippen LogP contribution < -0.4 is 26.6 Å². The fourth-order valence-electron chi connectivity index (χ4n) is 3.89. The number of likely N-dealkylation sites (N-methyl/N-ethyl adjacent to an activating group) is 4. The normalized spacial score (nSPS) is 13.6. The molecule has 0 aliphatic carbocycles. The lowest BCUT2D eigenvalue weighted by Gasteiger charge is -2.14. The molecule has 0 spiro atoms. The van der Waals surface area contributed by atoms with Gasteiger partial charge >= 0.3 is 0 Å². The number of hydrogen-bond acceptors (Lipinski definition) is 12. The highest BCUT2D eigenvalue weighted by Crippen LogP contribution is 2.05. The minimum Gasteiger partial charge on any atom is -0.392 e. The van der Waals surface area contributed by atoms with E-state index in [9.17, 15) is 39.6 Å². The minimum atomic E-state index is -0.442. The van der Waals surface area contributed by atoms with Crippen molar-refractivity contribution in [2.24, 2.45) is 5.92 Å². The zero-order valence-electron chi connectivity index (χ0n) is 31.9. The summed E-state index contributed by atoms with van der Waals surface area (Å²) < 4.78 is 0. The van der Waals surface area contributed by atoms with Crippen molar-refractivity contribution < 1.29 is 39.6 Å². The number of amides is 4. The molecule has 0 saturated carbocycles. The van der Waals surface area contributed by atoms with Gasteiger partial charge in [0.15, 0.2) is 0 Å². The van der Waals surface area contributed by atoms with Gasteiger partial charge < -0.3 is 61.7 Å². The third-order valence-electron chi connectivity index (χ3n) is 6.44. The molecule has 5 atom stereocenters. The maximum absolute atomic E-state index is 11.0. The smallest absolute Gasteiger partial charge is 0.222 e. The molecule has 0 aliphatic heterocycles. The monoisotopic (exact) mass is 697 g/mol. The molecule has 0 aromatic rings. The summed E-state index contributed by atoms with van der Waals surface area (Å²) in [6.45, 7) is 4.16. The Labute approximate surface area is 290 Å². The van der Waals surface area contributed by atoms with Gasteiger partial charge in [0.05, 0.1) is 24.4 Å². The zero-order valence-corrected chi connectivity index (χ0v) is 31.9. The van der Waals surface area contributed by atoms with Crippen molar-refractivity contribution in [3.63, 3.8) is 0 Å². The molecule has 5 unspecified atom stereocenters. The first-order valence-electron chi connectivity index (χ1n) is 16.4. The number of aliphatic hydroxyl groups excluding tert-OH is 4. The summed E-state index contributed by atoms with van der Waals surface area (Å²) in [5.74, 6) is -0.211. The van der Waals surface area contributed by atoms with Crippen LogP contribution in [0.5, 0.6) is 0 Å². The van der Waals surface area contributed by atoms with Gasteiger partial charge in [-0.15, -0.1) is 0 Å². The first-order valence-corrected chi connectivity index (χ1v) is 16.4. The second-order valence-corrected chi connectivity index (χ2v) is 12.3. The number of hydrogen-bond donors (Lipinski definition) is 9. The second kappa shape index (κ2) is 34.4. The Bertz CT molecular complexity index is 730. The van der Waals surface area contributed by atoms with Crippen molar-refractivity contribution in [1.82, 2.24) is 41.3 Å². The van der Waals surface area contributed by atoms with Gasteiger partial charge in [-0.05, 0) is 75.0 Å². The molecule has 0 fully saturated rings. The van der Waals surface area contributed by atoms with Crippen LogP contribution in [0.4, 0.5) is 0 Å². The van der Waals surface area contributed by atoms with E-state index in [0.29, 0.717) is 71.1 Å². The van der Waals surface area contributed by atoms with E-state index in [1.54, 1.807) is 42.2 Å². The van der Waals surface area contributed by atoms with E-state index in [1.165, 1.54) is 0 Å². The lowest BCUT2D eigenvalue weighted by atomic mass is 10.0. The van der Waals surface area contributed by atoms with Gasteiger partial charge in [-0.2, -0.15) is 0 Å². The SMILES string of the molecule is CNC(=O)CCC(O)CN(C)C.CNC(=O)CCC(O)CN(C)C.CNC(=O)CCC(O)CN(C)C.CNCC(O)CC(C)C(=O)NC. The fraction of sp³-hybridized carbons (Fsp3) is 0.875. The number of nitrogens with zero attached hydrogens (tertiary/aromatic N) is 3. The van der Waals surface area contributed by atoms with Gasteiger partial charge in [-0.3, -0.25) is 19.2 Å². The molecule has 0 heterocycles. The Morgan fingerprint density at radius 1 is 0.521 bits per heavy atom. The van der Waals surface area contributed by atoms with E-state index < -0.39 is 24.4 Å². The summed E-state index contributed by atoms with van der Waals surface area (Å²) in [7, 11) is 19.5. The number of rotatable bonds is 20. The third kappa shape index (κ3) is 41.6. The molecule has 0 aliphatic rings. The van der Waals surface area contributed by atoms with E-state index in [4.69, 9.17) is 0 Å². The van der Waals surface area contributed by atoms with Gasteiger partial charge in [0.2, 0.25) is 23.6 Å². The average Bonchev–Trinajstić information content (AvgIpc) is 3.00. The highest BCUT2D eigenvalue weighted by molar-refractivity contribution is 5.78. The molecule has 0 rings (SSSR count). The fourth-order valence-corrected chi connectivity index (χ4v) is 3.89. The van der Waals surface area contributed by atoms with Gasteiger partial charge in [-0.1, -0.05) is 6.92 Å². The van der Waals surface area contributed by atoms with Gasteiger partial charge in [0.1, 0.15) is 0 Å². The predicted octanol–water partition coefficient (Wildman–Crippen LogP) is -2.36. The first-order chi connectivity index (χ1) is 22.3. The Hall–Kier alpha value is -2.44. The highest BCUT2D eigenvalue weighted by Gasteiger charge is 2.15. The van der Waals surface area contributed by atoms with Gasteiger partial charge in [0, 0.05) is 79.6 Å². The van der Waals surface area contributed by atoms with E-state index in [2.05, 4.69) is 26.6 Å². The molecular formula is C32H72N8O8. The molecule has 0 saturated heterocycles. The lowest BCUT2D eigenvalue weighted by Crippen LogP contribution is -2.31. The number of aliphatic hydroxyl groups is 4. The summed E-state index contributed by atoms with van der Waals surface area (Å²) in [6.07, 6.45) is 1.60. The zero-order chi connectivity index (χ0) is 38.2. The molecule has 48 heavy (non-hydrogen) atoms. The van der Waals surface area contributed by atoms with Crippen molar-refractivity contribution in [2.45, 2.75) is 76.3 Å². The topological polar surface area (TPSA) is 219 Å². The Kier molecular flexibility index (Phi) is 37.6. The third-order valence-corrected chi connectivity index (χ3v) is 6.44. The standard InChI is InChI=1S/4C8H18N2O2/c1-6(8(12)10-3)4-7(11)5-9-2;3*1-9-8(12)5-4-7(11)6-10(2)3/h6-7,9,11H,4-5H2,1-3H3,(H,10,12);3*7,11H,4-6H2,1-3H3,(H,9,12). The van der Waals surface area contributed by atoms with Crippen LogP contribution in [0, 0.1) is 5.92 Å². The van der Waals surface area contributed by atoms with Gasteiger partial charge in [0.25, 0.3) is 0 Å². The van der Waals surface area contributed by atoms with Gasteiger partial charge in [-0.25, -0.2) is 0 Å². The van der Waals surface area contributed by atoms with Crippen molar-refractivity contribution >= 4 is 23.6 Å². The molecule has 0 aromatic heterocycles. The summed E-state index contributed by atoms with van der Waals surface area (Å²) in [4.78, 5) is 49.0. The molecule has 16 nitrogen and oxygen atoms in total. The average molecular weight is 697 g/mol. The van der Waals surface area contributed by atoms with Crippen LogP contribution in [-0.2, 0) is 19.2 Å². The second-order valence-electron chi connectivity index (χ2n) is 12.3. The van der Waals surface area contributed by atoms with E-state index in [0.717, 1.165) is 0 Å². The number of carbonyl (C=O) groups excluding carboxylic acids is 4. The maximum Gasteiger partial charge on any atom is 0.222 e. The largest absolute Gasteiger partial charge is 0.392 e. The van der Waals surface area contributed by atoms with Crippen LogP contribution >= 0.6 is 0 Å². The summed E-state index contributed by atoms with van der Waals surface area (Å²) in [5.41, 5.74) is 0. The van der Waals surface area contributed by atoms with Crippen molar-refractivity contribution in [3.05, 3.63) is 0 Å². The van der Waals surface area contributed by atoms with Crippen molar-refractivity contribution in [3.8, 4) is 0 Å². The predicted molar refractivity (Wildman–Crippen MR) is 191 cm³/mol. The van der Waals surface area contributed by atoms with Crippen molar-refractivity contribution in [1.29, 1.82) is 0 Å². The highest BCUT2D eigenvalue weighted by atomic mass is 16.3. The first kappa shape index (κ1) is 52.4. The molecule has 4 amide bonds. The van der Waals surface area contributed by atoms with Crippen LogP contribution in [-0.4, -0.2) is 187 Å². The number of nitrogens with one attached hydrogen (secondary N) is 5. The van der Waals surface area contributed by atoms with Crippen LogP contribution in [0.1, 0.15) is 51.9 Å². The minimum absolute atomic E-state index is 0.0205. The van der Waals surface area contributed by atoms with E-state index in [-0.39, 0.29) is 29.5 Å². The Morgan fingerprint density at radius 3 is 1.02 bits per heavy atom. The number of carbonyl (C=O) groups is 4. The summed E-state index contributed by atoms with van der Waals surface area (Å²) in [6, 6.07) is 0. The summed E-state index contributed by atoms with van der Waals surface area (Å²) in [5, 5.41) is 50.3. The molecule has 16 heteroatoms.